The molecule has 10 heteroatoms. The highest BCUT2D eigenvalue weighted by Gasteiger charge is 2.29. The second-order valence-corrected chi connectivity index (χ2v) is 6.60. The molecule has 1 aliphatic rings. The lowest BCUT2D eigenvalue weighted by Crippen LogP contribution is -2.53. The molecule has 0 bridgehead atoms. The lowest BCUT2D eigenvalue weighted by atomic mass is 9.90. The summed E-state index contributed by atoms with van der Waals surface area (Å²) in [7, 11) is 0. The molecule has 2 unspecified atom stereocenters. The standard InChI is InChI=1S/C12H14N6O2S2/c19-9(11-17-13-5-21-11)15-7-3-1-2-4-8(7)16-10(20)12-18-14-6-22-12/h5-8H,1-4H2,(H,15,19)(H,16,20). The summed E-state index contributed by atoms with van der Waals surface area (Å²) < 4.78 is 0. The summed E-state index contributed by atoms with van der Waals surface area (Å²) in [6.45, 7) is 0. The van der Waals surface area contributed by atoms with Crippen LogP contribution in [0.2, 0.25) is 0 Å². The molecule has 1 aliphatic carbocycles. The van der Waals surface area contributed by atoms with Crippen molar-refractivity contribution in [3.63, 3.8) is 0 Å². The van der Waals surface area contributed by atoms with E-state index in [4.69, 9.17) is 0 Å². The van der Waals surface area contributed by atoms with Crippen LogP contribution in [0.1, 0.15) is 45.3 Å². The van der Waals surface area contributed by atoms with Crippen LogP contribution in [0, 0.1) is 0 Å². The summed E-state index contributed by atoms with van der Waals surface area (Å²) in [4.78, 5) is 24.2. The maximum Gasteiger partial charge on any atom is 0.282 e. The van der Waals surface area contributed by atoms with Crippen molar-refractivity contribution in [3.8, 4) is 0 Å². The molecule has 0 spiro atoms. The predicted octanol–water partition coefficient (Wildman–Crippen LogP) is 0.861. The highest BCUT2D eigenvalue weighted by atomic mass is 32.1. The Hall–Kier alpha value is -1.94. The zero-order chi connectivity index (χ0) is 15.4. The Morgan fingerprint density at radius 2 is 1.36 bits per heavy atom. The minimum atomic E-state index is -0.246. The number of nitrogens with one attached hydrogen (secondary N) is 2. The fourth-order valence-corrected chi connectivity index (χ4v) is 3.39. The van der Waals surface area contributed by atoms with E-state index in [2.05, 4.69) is 31.0 Å². The first-order valence-corrected chi connectivity index (χ1v) is 8.64. The Morgan fingerprint density at radius 1 is 0.909 bits per heavy atom. The van der Waals surface area contributed by atoms with Gasteiger partial charge in [-0.3, -0.25) is 9.59 Å². The van der Waals surface area contributed by atoms with E-state index in [1.807, 2.05) is 0 Å². The Labute approximate surface area is 134 Å². The third kappa shape index (κ3) is 3.45. The molecule has 3 rings (SSSR count). The molecule has 2 N–H and O–H groups in total. The van der Waals surface area contributed by atoms with Crippen LogP contribution in [0.25, 0.3) is 0 Å². The number of rotatable bonds is 4. The molecule has 0 aromatic carbocycles. The zero-order valence-corrected chi connectivity index (χ0v) is 13.2. The van der Waals surface area contributed by atoms with Gasteiger partial charge in [-0.05, 0) is 12.8 Å². The summed E-state index contributed by atoms with van der Waals surface area (Å²) >= 11 is 2.39. The number of hydrogen-bond donors (Lipinski definition) is 2. The van der Waals surface area contributed by atoms with E-state index in [0.29, 0.717) is 10.0 Å². The van der Waals surface area contributed by atoms with Gasteiger partial charge < -0.3 is 10.6 Å². The molecule has 2 atom stereocenters. The van der Waals surface area contributed by atoms with Gasteiger partial charge in [-0.15, -0.1) is 20.4 Å². The highest BCUT2D eigenvalue weighted by Crippen LogP contribution is 2.20. The maximum atomic E-state index is 12.1. The number of carbonyl (C=O) groups excluding carboxylic acids is 2. The van der Waals surface area contributed by atoms with Crippen LogP contribution >= 0.6 is 22.7 Å². The molecule has 0 radical (unpaired) electrons. The molecular formula is C12H14N6O2S2. The van der Waals surface area contributed by atoms with Crippen molar-refractivity contribution < 1.29 is 9.59 Å². The van der Waals surface area contributed by atoms with E-state index in [1.165, 1.54) is 33.7 Å². The Morgan fingerprint density at radius 3 is 1.73 bits per heavy atom. The van der Waals surface area contributed by atoms with E-state index in [1.54, 1.807) is 0 Å². The van der Waals surface area contributed by atoms with E-state index >= 15 is 0 Å². The summed E-state index contributed by atoms with van der Waals surface area (Å²) in [6.07, 6.45) is 3.69. The van der Waals surface area contributed by atoms with Crippen molar-refractivity contribution in [2.45, 2.75) is 37.8 Å². The van der Waals surface area contributed by atoms with Gasteiger partial charge in [0.05, 0.1) is 0 Å². The predicted molar refractivity (Wildman–Crippen MR) is 80.8 cm³/mol. The molecule has 0 aliphatic heterocycles. The number of carbonyl (C=O) groups is 2. The van der Waals surface area contributed by atoms with Crippen LogP contribution in [0.5, 0.6) is 0 Å². The van der Waals surface area contributed by atoms with Gasteiger partial charge in [-0.25, -0.2) is 0 Å². The minimum absolute atomic E-state index is 0.109. The van der Waals surface area contributed by atoms with Gasteiger partial charge >= 0.3 is 0 Å². The second kappa shape index (κ2) is 6.88. The third-order valence-electron chi connectivity index (χ3n) is 3.51. The maximum absolute atomic E-state index is 12.1. The van der Waals surface area contributed by atoms with Gasteiger partial charge in [0.25, 0.3) is 11.8 Å². The van der Waals surface area contributed by atoms with Crippen molar-refractivity contribution in [2.24, 2.45) is 0 Å². The molecule has 116 valence electrons. The Balaban J connectivity index is 1.63. The molecular weight excluding hydrogens is 324 g/mol. The smallest absolute Gasteiger partial charge is 0.282 e. The lowest BCUT2D eigenvalue weighted by molar-refractivity contribution is 0.0861. The molecule has 8 nitrogen and oxygen atoms in total. The SMILES string of the molecule is O=C(NC1CCCCC1NC(=O)c1nncs1)c1nncs1. The van der Waals surface area contributed by atoms with Crippen molar-refractivity contribution in [1.82, 2.24) is 31.0 Å². The minimum Gasteiger partial charge on any atom is -0.345 e. The Kier molecular flexibility index (Phi) is 4.68. The highest BCUT2D eigenvalue weighted by molar-refractivity contribution is 7.11. The van der Waals surface area contributed by atoms with Crippen LogP contribution in [0.15, 0.2) is 11.0 Å². The summed E-state index contributed by atoms with van der Waals surface area (Å²) in [5.41, 5.74) is 3.04. The summed E-state index contributed by atoms with van der Waals surface area (Å²) in [6, 6.07) is -0.218. The van der Waals surface area contributed by atoms with Crippen molar-refractivity contribution in [2.75, 3.05) is 0 Å². The number of aromatic nitrogens is 4. The monoisotopic (exact) mass is 338 g/mol. The molecule has 1 saturated carbocycles. The van der Waals surface area contributed by atoms with Crippen LogP contribution < -0.4 is 10.6 Å². The molecule has 2 heterocycles. The topological polar surface area (TPSA) is 110 Å². The largest absolute Gasteiger partial charge is 0.345 e. The zero-order valence-electron chi connectivity index (χ0n) is 11.6. The van der Waals surface area contributed by atoms with Gasteiger partial charge in [-0.2, -0.15) is 0 Å². The van der Waals surface area contributed by atoms with Crippen molar-refractivity contribution in [3.05, 3.63) is 21.0 Å². The molecule has 0 saturated heterocycles. The van der Waals surface area contributed by atoms with Gasteiger partial charge in [-0.1, -0.05) is 35.5 Å². The van der Waals surface area contributed by atoms with Crippen molar-refractivity contribution >= 4 is 34.5 Å². The summed E-state index contributed by atoms with van der Waals surface area (Å²) in [5.74, 6) is -0.492. The van der Waals surface area contributed by atoms with Crippen LogP contribution in [-0.4, -0.2) is 44.3 Å². The fraction of sp³-hybridized carbons (Fsp3) is 0.500. The normalized spacial score (nSPS) is 21.3. The van der Waals surface area contributed by atoms with E-state index in [9.17, 15) is 9.59 Å². The molecule has 2 aromatic rings. The van der Waals surface area contributed by atoms with Crippen LogP contribution in [0.3, 0.4) is 0 Å². The van der Waals surface area contributed by atoms with Gasteiger partial charge in [0.1, 0.15) is 11.0 Å². The number of amides is 2. The number of hydrogen-bond acceptors (Lipinski definition) is 8. The molecule has 2 amide bonds. The van der Waals surface area contributed by atoms with Gasteiger partial charge in [0.15, 0.2) is 0 Å². The molecule has 1 fully saturated rings. The van der Waals surface area contributed by atoms with E-state index in [0.717, 1.165) is 25.7 Å². The summed E-state index contributed by atoms with van der Waals surface area (Å²) in [5, 5.41) is 21.4. The lowest BCUT2D eigenvalue weighted by Gasteiger charge is -2.32. The Bertz CT molecular complexity index is 574. The third-order valence-corrected chi connectivity index (χ3v) is 4.89. The first-order valence-electron chi connectivity index (χ1n) is 6.88. The second-order valence-electron chi connectivity index (χ2n) is 4.93. The van der Waals surface area contributed by atoms with Crippen LogP contribution in [0.4, 0.5) is 0 Å². The van der Waals surface area contributed by atoms with Gasteiger partial charge in [0.2, 0.25) is 10.0 Å². The number of nitrogens with zero attached hydrogens (tertiary/aromatic N) is 4. The van der Waals surface area contributed by atoms with Gasteiger partial charge in [0, 0.05) is 12.1 Å². The van der Waals surface area contributed by atoms with E-state index < -0.39 is 0 Å². The fourth-order valence-electron chi connectivity index (χ4n) is 2.48. The first-order chi connectivity index (χ1) is 10.7. The first kappa shape index (κ1) is 15.0. The van der Waals surface area contributed by atoms with E-state index in [-0.39, 0.29) is 23.9 Å². The average Bonchev–Trinajstić information content (AvgIpc) is 3.23. The van der Waals surface area contributed by atoms with Crippen molar-refractivity contribution in [1.29, 1.82) is 0 Å². The average molecular weight is 338 g/mol. The molecule has 2 aromatic heterocycles. The molecule has 22 heavy (non-hydrogen) atoms. The van der Waals surface area contributed by atoms with Crippen LogP contribution in [-0.2, 0) is 0 Å². The quantitative estimate of drug-likeness (QED) is 0.855.